The van der Waals surface area contributed by atoms with Gasteiger partial charge in [-0.05, 0) is 38.1 Å². The summed E-state index contributed by atoms with van der Waals surface area (Å²) in [5.41, 5.74) is 8.85. The monoisotopic (exact) mass is 191 g/mol. The smallest absolute Gasteiger partial charge is 0.0622 e. The number of hydrogen-bond donors (Lipinski definition) is 2. The Bertz CT molecular complexity index is 301. The number of pyridine rings is 1. The normalized spacial score (nSPS) is 11.5. The summed E-state index contributed by atoms with van der Waals surface area (Å²) < 4.78 is 0. The molecule has 0 amide bonds. The number of nitrogens with one attached hydrogen (secondary N) is 1. The van der Waals surface area contributed by atoms with Crippen LogP contribution in [0.5, 0.6) is 0 Å². The lowest BCUT2D eigenvalue weighted by Gasteiger charge is -2.02. The molecule has 0 saturated carbocycles. The lowest BCUT2D eigenvalue weighted by atomic mass is 10.1. The fraction of sp³-hybridized carbons (Fsp3) is 0.364. The van der Waals surface area contributed by atoms with Crippen LogP contribution in [0.1, 0.15) is 18.2 Å². The zero-order valence-corrected chi connectivity index (χ0v) is 8.75. The first-order valence-corrected chi connectivity index (χ1v) is 4.73. The van der Waals surface area contributed by atoms with Crippen molar-refractivity contribution >= 4 is 0 Å². The van der Waals surface area contributed by atoms with Gasteiger partial charge in [-0.15, -0.1) is 0 Å². The van der Waals surface area contributed by atoms with Crippen LogP contribution >= 0.6 is 0 Å². The molecular weight excluding hydrogens is 174 g/mol. The van der Waals surface area contributed by atoms with Gasteiger partial charge in [-0.2, -0.15) is 0 Å². The lowest BCUT2D eigenvalue weighted by Crippen LogP contribution is -2.16. The molecule has 0 aliphatic carbocycles. The molecule has 0 saturated heterocycles. The quantitative estimate of drug-likeness (QED) is 0.706. The van der Waals surface area contributed by atoms with Crippen LogP contribution in [0.4, 0.5) is 0 Å². The highest BCUT2D eigenvalue weighted by molar-refractivity contribution is 5.19. The molecule has 0 bridgehead atoms. The van der Waals surface area contributed by atoms with Crippen LogP contribution in [-0.2, 0) is 6.42 Å². The Kier molecular flexibility index (Phi) is 4.13. The molecule has 0 unspecified atom stereocenters. The van der Waals surface area contributed by atoms with Crippen molar-refractivity contribution in [2.45, 2.75) is 20.3 Å². The minimum atomic E-state index is 0.476. The van der Waals surface area contributed by atoms with Crippen molar-refractivity contribution in [1.29, 1.82) is 0 Å². The van der Waals surface area contributed by atoms with E-state index in [0.717, 1.165) is 12.1 Å². The van der Waals surface area contributed by atoms with E-state index in [-0.39, 0.29) is 0 Å². The maximum atomic E-state index is 5.32. The fourth-order valence-electron chi connectivity index (χ4n) is 1.21. The second-order valence-corrected chi connectivity index (χ2v) is 3.38. The van der Waals surface area contributed by atoms with Gasteiger partial charge in [0, 0.05) is 11.9 Å². The SMILES string of the molecule is C/C(=C\NCN)Cc1ccc(C)nc1. The number of aryl methyl sites for hydroxylation is 1. The van der Waals surface area contributed by atoms with Crippen molar-refractivity contribution < 1.29 is 0 Å². The van der Waals surface area contributed by atoms with Crippen molar-refractivity contribution in [2.24, 2.45) is 5.73 Å². The molecule has 0 aromatic carbocycles. The Morgan fingerprint density at radius 3 is 2.93 bits per heavy atom. The highest BCUT2D eigenvalue weighted by Gasteiger charge is 1.94. The van der Waals surface area contributed by atoms with E-state index in [9.17, 15) is 0 Å². The summed E-state index contributed by atoms with van der Waals surface area (Å²) in [5, 5.41) is 2.97. The second-order valence-electron chi connectivity index (χ2n) is 3.38. The van der Waals surface area contributed by atoms with Crippen LogP contribution in [0.15, 0.2) is 30.1 Å². The zero-order chi connectivity index (χ0) is 10.4. The Morgan fingerprint density at radius 2 is 2.36 bits per heavy atom. The summed E-state index contributed by atoms with van der Waals surface area (Å²) in [6.07, 6.45) is 4.77. The zero-order valence-electron chi connectivity index (χ0n) is 8.75. The van der Waals surface area contributed by atoms with Crippen LogP contribution in [0.25, 0.3) is 0 Å². The Balaban J connectivity index is 2.56. The van der Waals surface area contributed by atoms with Crippen LogP contribution in [-0.4, -0.2) is 11.7 Å². The molecule has 1 aromatic rings. The van der Waals surface area contributed by atoms with Crippen molar-refractivity contribution in [2.75, 3.05) is 6.67 Å². The third kappa shape index (κ3) is 3.58. The van der Waals surface area contributed by atoms with E-state index in [2.05, 4.69) is 23.3 Å². The summed E-state index contributed by atoms with van der Waals surface area (Å²) in [6.45, 7) is 4.54. The predicted molar refractivity (Wildman–Crippen MR) is 58.6 cm³/mol. The minimum absolute atomic E-state index is 0.476. The van der Waals surface area contributed by atoms with Gasteiger partial charge in [0.25, 0.3) is 0 Å². The maximum Gasteiger partial charge on any atom is 0.0622 e. The van der Waals surface area contributed by atoms with Gasteiger partial charge in [-0.1, -0.05) is 11.6 Å². The molecule has 1 rings (SSSR count). The standard InChI is InChI=1S/C11H17N3/c1-9(6-13-8-12)5-11-4-3-10(2)14-7-11/h3-4,6-7,13H,5,8,12H2,1-2H3/b9-6+. The average Bonchev–Trinajstić information content (AvgIpc) is 2.18. The third-order valence-corrected chi connectivity index (χ3v) is 1.92. The average molecular weight is 191 g/mol. The number of nitrogens with zero attached hydrogens (tertiary/aromatic N) is 1. The molecule has 0 spiro atoms. The third-order valence-electron chi connectivity index (χ3n) is 1.92. The van der Waals surface area contributed by atoms with Gasteiger partial charge in [0.1, 0.15) is 0 Å². The van der Waals surface area contributed by atoms with E-state index in [1.807, 2.05) is 25.4 Å². The van der Waals surface area contributed by atoms with Gasteiger partial charge in [0.05, 0.1) is 6.67 Å². The molecule has 3 nitrogen and oxygen atoms in total. The van der Waals surface area contributed by atoms with Gasteiger partial charge < -0.3 is 11.1 Å². The molecule has 1 heterocycles. The van der Waals surface area contributed by atoms with Gasteiger partial charge in [-0.25, -0.2) is 0 Å². The van der Waals surface area contributed by atoms with Crippen LogP contribution in [0.3, 0.4) is 0 Å². The van der Waals surface area contributed by atoms with Crippen molar-refractivity contribution in [3.63, 3.8) is 0 Å². The Hall–Kier alpha value is -1.35. The van der Waals surface area contributed by atoms with E-state index < -0.39 is 0 Å². The molecule has 3 heteroatoms. The van der Waals surface area contributed by atoms with Crippen LogP contribution < -0.4 is 11.1 Å². The summed E-state index contributed by atoms with van der Waals surface area (Å²) in [5.74, 6) is 0. The summed E-state index contributed by atoms with van der Waals surface area (Å²) >= 11 is 0. The summed E-state index contributed by atoms with van der Waals surface area (Å²) in [4.78, 5) is 4.24. The summed E-state index contributed by atoms with van der Waals surface area (Å²) in [6, 6.07) is 4.13. The van der Waals surface area contributed by atoms with Crippen LogP contribution in [0, 0.1) is 6.92 Å². The maximum absolute atomic E-state index is 5.32. The number of hydrogen-bond acceptors (Lipinski definition) is 3. The fourth-order valence-corrected chi connectivity index (χ4v) is 1.21. The van der Waals surface area contributed by atoms with Gasteiger partial charge in [0.15, 0.2) is 0 Å². The van der Waals surface area contributed by atoms with Crippen molar-refractivity contribution in [3.05, 3.63) is 41.4 Å². The van der Waals surface area contributed by atoms with E-state index in [1.165, 1.54) is 11.1 Å². The molecule has 3 N–H and O–H groups in total. The molecule has 0 atom stereocenters. The highest BCUT2D eigenvalue weighted by Crippen LogP contribution is 2.06. The molecule has 1 aromatic heterocycles. The first kappa shape index (κ1) is 10.7. The molecule has 76 valence electrons. The molecular formula is C11H17N3. The molecule has 0 radical (unpaired) electrons. The first-order chi connectivity index (χ1) is 6.72. The molecule has 0 aliphatic heterocycles. The predicted octanol–water partition coefficient (Wildman–Crippen LogP) is 1.34. The number of rotatable bonds is 4. The number of nitrogens with two attached hydrogens (primary N) is 1. The van der Waals surface area contributed by atoms with Gasteiger partial charge in [-0.3, -0.25) is 4.98 Å². The summed E-state index contributed by atoms with van der Waals surface area (Å²) in [7, 11) is 0. The topological polar surface area (TPSA) is 50.9 Å². The van der Waals surface area contributed by atoms with E-state index in [4.69, 9.17) is 5.73 Å². The largest absolute Gasteiger partial charge is 0.379 e. The Labute approximate surface area is 85.0 Å². The van der Waals surface area contributed by atoms with Crippen molar-refractivity contribution in [3.8, 4) is 0 Å². The minimum Gasteiger partial charge on any atom is -0.379 e. The molecule has 0 fully saturated rings. The Morgan fingerprint density at radius 1 is 1.57 bits per heavy atom. The van der Waals surface area contributed by atoms with Crippen LogP contribution in [0.2, 0.25) is 0 Å². The van der Waals surface area contributed by atoms with Gasteiger partial charge in [0.2, 0.25) is 0 Å². The molecule has 14 heavy (non-hydrogen) atoms. The van der Waals surface area contributed by atoms with E-state index >= 15 is 0 Å². The number of allylic oxidation sites excluding steroid dienone is 1. The van der Waals surface area contributed by atoms with E-state index in [0.29, 0.717) is 6.67 Å². The van der Waals surface area contributed by atoms with Crippen molar-refractivity contribution in [1.82, 2.24) is 10.3 Å². The molecule has 0 aliphatic rings. The van der Waals surface area contributed by atoms with Gasteiger partial charge >= 0.3 is 0 Å². The number of aromatic nitrogens is 1. The second kappa shape index (κ2) is 5.40. The highest BCUT2D eigenvalue weighted by atomic mass is 14.9. The first-order valence-electron chi connectivity index (χ1n) is 4.73. The lowest BCUT2D eigenvalue weighted by molar-refractivity contribution is 0.866. The van der Waals surface area contributed by atoms with E-state index in [1.54, 1.807) is 0 Å².